The van der Waals surface area contributed by atoms with E-state index in [1.807, 2.05) is 0 Å². The molecule has 1 aromatic rings. The van der Waals surface area contributed by atoms with Crippen LogP contribution in [0.3, 0.4) is 0 Å². The van der Waals surface area contributed by atoms with Crippen LogP contribution in [0.15, 0.2) is 18.2 Å². The highest BCUT2D eigenvalue weighted by Gasteiger charge is 2.23. The molecule has 0 aliphatic carbocycles. The van der Waals surface area contributed by atoms with E-state index in [1.54, 1.807) is 11.8 Å². The third-order valence-corrected chi connectivity index (χ3v) is 3.40. The Morgan fingerprint density at radius 1 is 1.59 bits per heavy atom. The number of hydrogen-bond acceptors (Lipinski definition) is 3. The second-order valence-electron chi connectivity index (χ2n) is 3.39. The molecular formula is C10H11Cl2FN2OS. The zero-order valence-electron chi connectivity index (χ0n) is 8.70. The highest BCUT2D eigenvalue weighted by Crippen LogP contribution is 2.19. The molecule has 1 heterocycles. The maximum atomic E-state index is 13.4. The van der Waals surface area contributed by atoms with Gasteiger partial charge in [-0.1, -0.05) is 11.6 Å². The van der Waals surface area contributed by atoms with Crippen LogP contribution >= 0.6 is 35.8 Å². The number of thioether (sulfide) groups is 1. The zero-order valence-corrected chi connectivity index (χ0v) is 11.1. The number of nitrogens with one attached hydrogen (secondary N) is 2. The summed E-state index contributed by atoms with van der Waals surface area (Å²) in [6, 6.07) is 3.92. The first kappa shape index (κ1) is 14.6. The van der Waals surface area contributed by atoms with Crippen LogP contribution < -0.4 is 10.6 Å². The molecule has 0 aromatic heterocycles. The molecule has 1 aliphatic rings. The molecule has 1 amide bonds. The molecular weight excluding hydrogens is 286 g/mol. The van der Waals surface area contributed by atoms with E-state index in [0.29, 0.717) is 10.8 Å². The van der Waals surface area contributed by atoms with Gasteiger partial charge in [0.25, 0.3) is 0 Å². The lowest BCUT2D eigenvalue weighted by Gasteiger charge is -2.11. The van der Waals surface area contributed by atoms with Gasteiger partial charge in [0.2, 0.25) is 5.91 Å². The van der Waals surface area contributed by atoms with Crippen LogP contribution in [0.5, 0.6) is 0 Å². The van der Waals surface area contributed by atoms with E-state index < -0.39 is 5.82 Å². The van der Waals surface area contributed by atoms with Crippen molar-refractivity contribution in [1.29, 1.82) is 0 Å². The molecule has 1 saturated heterocycles. The molecule has 2 N–H and O–H groups in total. The average Bonchev–Trinajstić information content (AvgIpc) is 2.75. The van der Waals surface area contributed by atoms with Crippen molar-refractivity contribution in [3.8, 4) is 0 Å². The van der Waals surface area contributed by atoms with Crippen LogP contribution in [0, 0.1) is 5.82 Å². The molecule has 1 fully saturated rings. The highest BCUT2D eigenvalue weighted by atomic mass is 35.5. The number of carbonyl (C=O) groups excluding carboxylic acids is 1. The molecule has 1 aliphatic heterocycles. The third-order valence-electron chi connectivity index (χ3n) is 2.22. The predicted octanol–water partition coefficient (Wildman–Crippen LogP) is 2.50. The maximum absolute atomic E-state index is 13.4. The molecule has 0 saturated carbocycles. The number of amides is 1. The Morgan fingerprint density at radius 2 is 2.35 bits per heavy atom. The molecule has 1 aromatic carbocycles. The first-order chi connectivity index (χ1) is 7.66. The van der Waals surface area contributed by atoms with Crippen molar-refractivity contribution in [3.05, 3.63) is 29.0 Å². The van der Waals surface area contributed by atoms with Crippen LogP contribution in [-0.2, 0) is 4.79 Å². The highest BCUT2D eigenvalue weighted by molar-refractivity contribution is 7.99. The Kier molecular flexibility index (Phi) is 5.52. The van der Waals surface area contributed by atoms with Gasteiger partial charge >= 0.3 is 0 Å². The SMILES string of the molecule is Cl.O=C(Nc1ccc(Cl)cc1F)C1CSCN1. The summed E-state index contributed by atoms with van der Waals surface area (Å²) in [4.78, 5) is 11.7. The largest absolute Gasteiger partial charge is 0.322 e. The Morgan fingerprint density at radius 3 is 2.94 bits per heavy atom. The van der Waals surface area contributed by atoms with Crippen molar-refractivity contribution in [2.45, 2.75) is 6.04 Å². The van der Waals surface area contributed by atoms with Crippen LogP contribution in [-0.4, -0.2) is 23.6 Å². The van der Waals surface area contributed by atoms with Gasteiger partial charge in [0.15, 0.2) is 0 Å². The molecule has 3 nitrogen and oxygen atoms in total. The van der Waals surface area contributed by atoms with Crippen LogP contribution in [0.25, 0.3) is 0 Å². The van der Waals surface area contributed by atoms with Crippen molar-refractivity contribution in [3.63, 3.8) is 0 Å². The maximum Gasteiger partial charge on any atom is 0.242 e. The van der Waals surface area contributed by atoms with Gasteiger partial charge in [0.05, 0.1) is 11.7 Å². The second-order valence-corrected chi connectivity index (χ2v) is 4.85. The van der Waals surface area contributed by atoms with E-state index in [4.69, 9.17) is 11.6 Å². The van der Waals surface area contributed by atoms with Gasteiger partial charge in [-0.3, -0.25) is 10.1 Å². The van der Waals surface area contributed by atoms with Crippen molar-refractivity contribution in [1.82, 2.24) is 5.32 Å². The molecule has 1 unspecified atom stereocenters. The summed E-state index contributed by atoms with van der Waals surface area (Å²) in [6.07, 6.45) is 0. The lowest BCUT2D eigenvalue weighted by atomic mass is 10.2. The lowest BCUT2D eigenvalue weighted by Crippen LogP contribution is -2.37. The fourth-order valence-electron chi connectivity index (χ4n) is 1.37. The van der Waals surface area contributed by atoms with Crippen LogP contribution in [0.2, 0.25) is 5.02 Å². The van der Waals surface area contributed by atoms with E-state index in [1.165, 1.54) is 18.2 Å². The van der Waals surface area contributed by atoms with Crippen molar-refractivity contribution >= 4 is 47.4 Å². The fourth-order valence-corrected chi connectivity index (χ4v) is 2.47. The summed E-state index contributed by atoms with van der Waals surface area (Å²) in [5, 5.41) is 5.85. The van der Waals surface area contributed by atoms with Crippen molar-refractivity contribution < 1.29 is 9.18 Å². The Labute approximate surface area is 114 Å². The monoisotopic (exact) mass is 296 g/mol. The summed E-state index contributed by atoms with van der Waals surface area (Å²) in [7, 11) is 0. The predicted molar refractivity (Wildman–Crippen MR) is 71.5 cm³/mol. The molecule has 94 valence electrons. The van der Waals surface area contributed by atoms with Gasteiger partial charge in [-0.2, -0.15) is 0 Å². The van der Waals surface area contributed by atoms with Gasteiger partial charge in [-0.25, -0.2) is 4.39 Å². The summed E-state index contributed by atoms with van der Waals surface area (Å²) in [6.45, 7) is 0. The molecule has 1 atom stereocenters. The molecule has 0 radical (unpaired) electrons. The normalized spacial score (nSPS) is 18.6. The number of hydrogen-bond donors (Lipinski definition) is 2. The molecule has 0 spiro atoms. The smallest absolute Gasteiger partial charge is 0.242 e. The average molecular weight is 297 g/mol. The minimum atomic E-state index is -0.522. The minimum absolute atomic E-state index is 0. The van der Waals surface area contributed by atoms with E-state index in [9.17, 15) is 9.18 Å². The quantitative estimate of drug-likeness (QED) is 0.881. The standard InChI is InChI=1S/C10H10ClFN2OS.ClH/c11-6-1-2-8(7(12)3-6)14-10(15)9-4-16-5-13-9;/h1-3,9,13H,4-5H2,(H,14,15);1H. The van der Waals surface area contributed by atoms with Gasteiger partial charge < -0.3 is 5.32 Å². The Balaban J connectivity index is 0.00000144. The van der Waals surface area contributed by atoms with Gasteiger partial charge in [-0.15, -0.1) is 24.2 Å². The van der Waals surface area contributed by atoms with E-state index >= 15 is 0 Å². The zero-order chi connectivity index (χ0) is 11.5. The third kappa shape index (κ3) is 3.74. The fraction of sp³-hybridized carbons (Fsp3) is 0.300. The van der Waals surface area contributed by atoms with Crippen molar-refractivity contribution in [2.24, 2.45) is 0 Å². The van der Waals surface area contributed by atoms with Crippen molar-refractivity contribution in [2.75, 3.05) is 16.9 Å². The van der Waals surface area contributed by atoms with Gasteiger partial charge in [0, 0.05) is 16.7 Å². The van der Waals surface area contributed by atoms with Gasteiger partial charge in [0.1, 0.15) is 5.82 Å². The summed E-state index contributed by atoms with van der Waals surface area (Å²) >= 11 is 7.25. The number of benzene rings is 1. The molecule has 0 bridgehead atoms. The van der Waals surface area contributed by atoms with E-state index in [-0.39, 0.29) is 30.0 Å². The number of halogens is 3. The summed E-state index contributed by atoms with van der Waals surface area (Å²) in [5.41, 5.74) is 0.160. The second kappa shape index (κ2) is 6.44. The Hall–Kier alpha value is -0.490. The van der Waals surface area contributed by atoms with Gasteiger partial charge in [-0.05, 0) is 18.2 Å². The van der Waals surface area contributed by atoms with E-state index in [2.05, 4.69) is 10.6 Å². The Bertz CT molecular complexity index is 413. The molecule has 7 heteroatoms. The van der Waals surface area contributed by atoms with Crippen LogP contribution in [0.4, 0.5) is 10.1 Å². The van der Waals surface area contributed by atoms with E-state index in [0.717, 1.165) is 5.88 Å². The number of anilines is 1. The minimum Gasteiger partial charge on any atom is -0.322 e. The number of rotatable bonds is 2. The topological polar surface area (TPSA) is 41.1 Å². The molecule has 2 rings (SSSR count). The number of carbonyl (C=O) groups is 1. The molecule has 17 heavy (non-hydrogen) atoms. The first-order valence-corrected chi connectivity index (χ1v) is 6.27. The first-order valence-electron chi connectivity index (χ1n) is 4.74. The summed E-state index contributed by atoms with van der Waals surface area (Å²) < 4.78 is 13.4. The lowest BCUT2D eigenvalue weighted by molar-refractivity contribution is -0.117. The van der Waals surface area contributed by atoms with Crippen LogP contribution in [0.1, 0.15) is 0 Å². The summed E-state index contributed by atoms with van der Waals surface area (Å²) in [5.74, 6) is 0.722.